The summed E-state index contributed by atoms with van der Waals surface area (Å²) in [6.07, 6.45) is 2.94. The molecule has 1 nitrogen and oxygen atoms in total. The molecule has 0 atom stereocenters. The number of hydrogen-bond acceptors (Lipinski definition) is 1. The first-order valence-corrected chi connectivity index (χ1v) is 2.76. The number of hydrogen-bond donors (Lipinski definition) is 0. The predicted octanol–water partition coefficient (Wildman–Crippen LogP) is 1.76. The van der Waals surface area contributed by atoms with Gasteiger partial charge in [-0.3, -0.25) is 0 Å². The van der Waals surface area contributed by atoms with Crippen molar-refractivity contribution in [2.45, 2.75) is 33.1 Å². The second kappa shape index (κ2) is 7.25. The molecule has 0 N–H and O–H groups in total. The molecule has 1 radical (unpaired) electrons. The van der Waals surface area contributed by atoms with Crippen molar-refractivity contribution in [2.75, 3.05) is 0 Å². The van der Waals surface area contributed by atoms with Crippen molar-refractivity contribution in [1.29, 1.82) is 0 Å². The maximum absolute atomic E-state index is 10.2. The second-order valence-corrected chi connectivity index (χ2v) is 1.81. The van der Waals surface area contributed by atoms with E-state index in [0.717, 1.165) is 19.3 Å². The molecule has 0 fully saturated rings. The Bertz CT molecular complexity index is 61.5. The van der Waals surface area contributed by atoms with Gasteiger partial charge in [-0.05, 0) is 13.3 Å². The molecular formula is C6H12OV. The first kappa shape index (κ1) is 11.1. The Morgan fingerprint density at radius 2 is 2.00 bits per heavy atom. The van der Waals surface area contributed by atoms with Gasteiger partial charge in [-0.25, -0.2) is 0 Å². The topological polar surface area (TPSA) is 17.1 Å². The number of unbranched alkanes of at least 4 members (excludes halogenated alkanes) is 1. The van der Waals surface area contributed by atoms with Gasteiger partial charge in [-0.1, -0.05) is 13.3 Å². The van der Waals surface area contributed by atoms with Crippen LogP contribution in [-0.2, 0) is 23.4 Å². The van der Waals surface area contributed by atoms with E-state index in [4.69, 9.17) is 0 Å². The monoisotopic (exact) mass is 151 g/mol. The zero-order valence-corrected chi connectivity index (χ0v) is 6.87. The molecule has 0 saturated carbocycles. The number of ketones is 1. The van der Waals surface area contributed by atoms with Crippen LogP contribution in [0.1, 0.15) is 33.1 Å². The Balaban J connectivity index is 0. The molecular weight excluding hydrogens is 139 g/mol. The van der Waals surface area contributed by atoms with Crippen molar-refractivity contribution in [2.24, 2.45) is 0 Å². The fourth-order valence-corrected chi connectivity index (χ4v) is 0.426. The Morgan fingerprint density at radius 3 is 2.12 bits per heavy atom. The zero-order chi connectivity index (χ0) is 5.70. The summed E-state index contributed by atoms with van der Waals surface area (Å²) in [4.78, 5) is 10.2. The van der Waals surface area contributed by atoms with Crippen LogP contribution in [0.2, 0.25) is 0 Å². The van der Waals surface area contributed by atoms with Crippen LogP contribution in [0.5, 0.6) is 0 Å². The van der Waals surface area contributed by atoms with Crippen LogP contribution in [0.3, 0.4) is 0 Å². The van der Waals surface area contributed by atoms with E-state index in [-0.39, 0.29) is 18.6 Å². The Labute approximate surface area is 62.7 Å². The fourth-order valence-electron chi connectivity index (χ4n) is 0.426. The van der Waals surface area contributed by atoms with E-state index in [1.807, 2.05) is 0 Å². The molecule has 0 aliphatic heterocycles. The maximum atomic E-state index is 10.2. The third-order valence-electron chi connectivity index (χ3n) is 0.882. The van der Waals surface area contributed by atoms with Gasteiger partial charge in [0.15, 0.2) is 0 Å². The van der Waals surface area contributed by atoms with Gasteiger partial charge in [0.25, 0.3) is 0 Å². The van der Waals surface area contributed by atoms with E-state index in [2.05, 4.69) is 6.92 Å². The molecule has 0 aromatic heterocycles. The van der Waals surface area contributed by atoms with Crippen LogP contribution >= 0.6 is 0 Å². The van der Waals surface area contributed by atoms with E-state index in [1.54, 1.807) is 6.92 Å². The number of Topliss-reactive ketones (excluding diaryl/α,β-unsaturated/α-hetero) is 1. The van der Waals surface area contributed by atoms with Crippen LogP contribution < -0.4 is 0 Å². The van der Waals surface area contributed by atoms with Gasteiger partial charge in [0.1, 0.15) is 5.78 Å². The summed E-state index contributed by atoms with van der Waals surface area (Å²) < 4.78 is 0. The minimum atomic E-state index is 0. The molecule has 0 heterocycles. The molecule has 0 saturated heterocycles. The van der Waals surface area contributed by atoms with Crippen LogP contribution in [0.4, 0.5) is 0 Å². The summed E-state index contributed by atoms with van der Waals surface area (Å²) in [7, 11) is 0. The molecule has 0 bridgehead atoms. The third kappa shape index (κ3) is 9.54. The maximum Gasteiger partial charge on any atom is 0.129 e. The van der Waals surface area contributed by atoms with E-state index < -0.39 is 0 Å². The summed E-state index contributed by atoms with van der Waals surface area (Å²) in [6, 6.07) is 0. The number of carbonyl (C=O) groups excluding carboxylic acids is 1. The second-order valence-electron chi connectivity index (χ2n) is 1.81. The van der Waals surface area contributed by atoms with Crippen LogP contribution in [0.25, 0.3) is 0 Å². The van der Waals surface area contributed by atoms with Gasteiger partial charge in [0.2, 0.25) is 0 Å². The minimum absolute atomic E-state index is 0. The summed E-state index contributed by atoms with van der Waals surface area (Å²) in [5, 5.41) is 0. The molecule has 0 unspecified atom stereocenters. The molecule has 0 rings (SSSR count). The third-order valence-corrected chi connectivity index (χ3v) is 0.882. The molecule has 0 aromatic rings. The fraction of sp³-hybridized carbons (Fsp3) is 0.833. The summed E-state index contributed by atoms with van der Waals surface area (Å²) in [6.45, 7) is 3.72. The average molecular weight is 151 g/mol. The summed E-state index contributed by atoms with van der Waals surface area (Å²) in [5.41, 5.74) is 0. The van der Waals surface area contributed by atoms with Crippen LogP contribution in [-0.4, -0.2) is 5.78 Å². The van der Waals surface area contributed by atoms with Gasteiger partial charge < -0.3 is 4.79 Å². The molecule has 0 aliphatic rings. The molecule has 0 amide bonds. The van der Waals surface area contributed by atoms with E-state index >= 15 is 0 Å². The Kier molecular flexibility index (Phi) is 10.1. The minimum Gasteiger partial charge on any atom is -0.300 e. The standard InChI is InChI=1S/C6H12O.V/c1-3-4-5-6(2)7;/h3-5H2,1-2H3;. The van der Waals surface area contributed by atoms with E-state index in [0.29, 0.717) is 5.78 Å². The van der Waals surface area contributed by atoms with Crippen molar-refractivity contribution in [1.82, 2.24) is 0 Å². The SMILES string of the molecule is CCCCC(C)=O.[V]. The van der Waals surface area contributed by atoms with Gasteiger partial charge in [0.05, 0.1) is 0 Å². The summed E-state index contributed by atoms with van der Waals surface area (Å²) in [5.74, 6) is 0.307. The first-order valence-electron chi connectivity index (χ1n) is 2.76. The van der Waals surface area contributed by atoms with Crippen LogP contribution in [0, 0.1) is 0 Å². The summed E-state index contributed by atoms with van der Waals surface area (Å²) >= 11 is 0. The van der Waals surface area contributed by atoms with Crippen molar-refractivity contribution in [3.63, 3.8) is 0 Å². The van der Waals surface area contributed by atoms with Gasteiger partial charge in [-0.2, -0.15) is 0 Å². The van der Waals surface area contributed by atoms with E-state index in [9.17, 15) is 4.79 Å². The Morgan fingerprint density at radius 1 is 1.50 bits per heavy atom. The molecule has 8 heavy (non-hydrogen) atoms. The van der Waals surface area contributed by atoms with Gasteiger partial charge in [-0.15, -0.1) is 0 Å². The molecule has 2 heteroatoms. The normalized spacial score (nSPS) is 7.75. The van der Waals surface area contributed by atoms with Gasteiger partial charge >= 0.3 is 0 Å². The molecule has 0 aromatic carbocycles. The van der Waals surface area contributed by atoms with Crippen molar-refractivity contribution in [3.05, 3.63) is 0 Å². The van der Waals surface area contributed by atoms with Crippen LogP contribution in [0.15, 0.2) is 0 Å². The van der Waals surface area contributed by atoms with Gasteiger partial charge in [0, 0.05) is 25.0 Å². The van der Waals surface area contributed by atoms with Crippen molar-refractivity contribution in [3.8, 4) is 0 Å². The quantitative estimate of drug-likeness (QED) is 0.600. The smallest absolute Gasteiger partial charge is 0.129 e. The Hall–Kier alpha value is 0.254. The zero-order valence-electron chi connectivity index (χ0n) is 5.48. The predicted molar refractivity (Wildman–Crippen MR) is 30.2 cm³/mol. The van der Waals surface area contributed by atoms with Crippen molar-refractivity contribution < 1.29 is 23.4 Å². The van der Waals surface area contributed by atoms with E-state index in [1.165, 1.54) is 0 Å². The first-order chi connectivity index (χ1) is 3.27. The number of carbonyl (C=O) groups is 1. The average Bonchev–Trinajstić information content (AvgIpc) is 1.61. The number of rotatable bonds is 3. The molecule has 0 aliphatic carbocycles. The molecule has 0 spiro atoms. The van der Waals surface area contributed by atoms with Crippen molar-refractivity contribution >= 4 is 5.78 Å². The molecule has 47 valence electrons. The largest absolute Gasteiger partial charge is 0.300 e.